The molecule has 22 heavy (non-hydrogen) atoms. The zero-order chi connectivity index (χ0) is 15.5. The fraction of sp³-hybridized carbons (Fsp3) is 0.222. The summed E-state index contributed by atoms with van der Waals surface area (Å²) in [4.78, 5) is 12.4. The highest BCUT2D eigenvalue weighted by molar-refractivity contribution is 6.06. The van der Waals surface area contributed by atoms with Crippen molar-refractivity contribution in [2.75, 3.05) is 6.54 Å². The Labute approximate surface area is 129 Å². The third-order valence-corrected chi connectivity index (χ3v) is 3.75. The molecule has 0 fully saturated rings. The smallest absolute Gasteiger partial charge is 0.251 e. The molecule has 0 spiro atoms. The van der Waals surface area contributed by atoms with Gasteiger partial charge in [0.2, 0.25) is 0 Å². The van der Waals surface area contributed by atoms with Crippen LogP contribution in [0, 0.1) is 13.8 Å². The molecular formula is C18H19N3O. The fourth-order valence-electron chi connectivity index (χ4n) is 2.70. The molecule has 1 N–H and O–H groups in total. The lowest BCUT2D eigenvalue weighted by molar-refractivity contribution is 0.0953. The molecule has 0 saturated carbocycles. The van der Waals surface area contributed by atoms with Crippen LogP contribution in [0.2, 0.25) is 0 Å². The summed E-state index contributed by atoms with van der Waals surface area (Å²) in [6, 6.07) is 15.8. The maximum Gasteiger partial charge on any atom is 0.251 e. The predicted octanol–water partition coefficient (Wildman–Crippen LogP) is 3.08. The number of rotatable bonds is 4. The van der Waals surface area contributed by atoms with Gasteiger partial charge < -0.3 is 5.32 Å². The van der Waals surface area contributed by atoms with Gasteiger partial charge in [-0.1, -0.05) is 36.4 Å². The van der Waals surface area contributed by atoms with Gasteiger partial charge in [-0.25, -0.2) is 0 Å². The molecular weight excluding hydrogens is 274 g/mol. The van der Waals surface area contributed by atoms with Gasteiger partial charge in [0.15, 0.2) is 0 Å². The highest BCUT2D eigenvalue weighted by Crippen LogP contribution is 2.18. The van der Waals surface area contributed by atoms with E-state index >= 15 is 0 Å². The molecule has 3 aromatic rings. The summed E-state index contributed by atoms with van der Waals surface area (Å²) in [6.45, 7) is 5.23. The third-order valence-electron chi connectivity index (χ3n) is 3.75. The number of amides is 1. The zero-order valence-electron chi connectivity index (χ0n) is 12.8. The molecule has 4 nitrogen and oxygen atoms in total. The van der Waals surface area contributed by atoms with Crippen LogP contribution in [0.5, 0.6) is 0 Å². The third kappa shape index (κ3) is 2.86. The van der Waals surface area contributed by atoms with E-state index < -0.39 is 0 Å². The maximum absolute atomic E-state index is 12.4. The van der Waals surface area contributed by atoms with Crippen LogP contribution in [0.25, 0.3) is 10.8 Å². The summed E-state index contributed by atoms with van der Waals surface area (Å²) in [7, 11) is 0. The van der Waals surface area contributed by atoms with Gasteiger partial charge in [0.1, 0.15) is 0 Å². The van der Waals surface area contributed by atoms with Gasteiger partial charge in [0.25, 0.3) is 5.91 Å². The molecule has 0 bridgehead atoms. The molecule has 1 heterocycles. The Bertz CT molecular complexity index is 815. The van der Waals surface area contributed by atoms with Crippen LogP contribution in [-0.2, 0) is 6.54 Å². The van der Waals surface area contributed by atoms with E-state index in [0.29, 0.717) is 18.7 Å². The van der Waals surface area contributed by atoms with E-state index in [-0.39, 0.29) is 5.91 Å². The van der Waals surface area contributed by atoms with Gasteiger partial charge in [-0.3, -0.25) is 9.48 Å². The first-order chi connectivity index (χ1) is 10.6. The van der Waals surface area contributed by atoms with E-state index in [2.05, 4.69) is 10.4 Å². The van der Waals surface area contributed by atoms with Crippen LogP contribution >= 0.6 is 0 Å². The van der Waals surface area contributed by atoms with Gasteiger partial charge in [-0.2, -0.15) is 5.10 Å². The lowest BCUT2D eigenvalue weighted by Crippen LogP contribution is -2.28. The summed E-state index contributed by atoms with van der Waals surface area (Å²) in [6.07, 6.45) is 0. The van der Waals surface area contributed by atoms with E-state index in [0.717, 1.165) is 22.2 Å². The monoisotopic (exact) mass is 293 g/mol. The van der Waals surface area contributed by atoms with Crippen molar-refractivity contribution < 1.29 is 4.79 Å². The molecule has 3 rings (SSSR count). The number of benzene rings is 2. The van der Waals surface area contributed by atoms with Crippen molar-refractivity contribution in [1.29, 1.82) is 0 Å². The molecule has 0 saturated heterocycles. The lowest BCUT2D eigenvalue weighted by Gasteiger charge is -2.09. The average molecular weight is 293 g/mol. The van der Waals surface area contributed by atoms with Gasteiger partial charge >= 0.3 is 0 Å². The van der Waals surface area contributed by atoms with Crippen molar-refractivity contribution in [2.45, 2.75) is 20.4 Å². The number of nitrogens with one attached hydrogen (secondary N) is 1. The number of aromatic nitrogens is 2. The number of fused-ring (bicyclic) bond motifs is 1. The molecule has 1 amide bonds. The molecule has 112 valence electrons. The fourth-order valence-corrected chi connectivity index (χ4v) is 2.70. The van der Waals surface area contributed by atoms with E-state index in [4.69, 9.17) is 0 Å². The van der Waals surface area contributed by atoms with Crippen LogP contribution in [-0.4, -0.2) is 22.2 Å². The second-order valence-corrected chi connectivity index (χ2v) is 5.43. The number of carbonyl (C=O) groups excluding carboxylic acids is 1. The van der Waals surface area contributed by atoms with Gasteiger partial charge in [-0.15, -0.1) is 0 Å². The Kier molecular flexibility index (Phi) is 3.92. The van der Waals surface area contributed by atoms with Crippen molar-refractivity contribution in [3.8, 4) is 0 Å². The number of aryl methyl sites for hydroxylation is 2. The first kappa shape index (κ1) is 14.3. The topological polar surface area (TPSA) is 46.9 Å². The molecule has 4 heteroatoms. The molecule has 0 aliphatic carbocycles. The Hall–Kier alpha value is -2.62. The van der Waals surface area contributed by atoms with Gasteiger partial charge in [-0.05, 0) is 36.8 Å². The van der Waals surface area contributed by atoms with E-state index in [9.17, 15) is 4.79 Å². The summed E-state index contributed by atoms with van der Waals surface area (Å²) in [5, 5.41) is 9.43. The molecule has 0 atom stereocenters. The Morgan fingerprint density at radius 1 is 1.14 bits per heavy atom. The molecule has 0 unspecified atom stereocenters. The lowest BCUT2D eigenvalue weighted by atomic mass is 10.0. The van der Waals surface area contributed by atoms with E-state index in [1.807, 2.05) is 67.1 Å². The van der Waals surface area contributed by atoms with Crippen molar-refractivity contribution in [1.82, 2.24) is 15.1 Å². The zero-order valence-corrected chi connectivity index (χ0v) is 12.8. The molecule has 0 aliphatic rings. The number of hydrogen-bond donors (Lipinski definition) is 1. The minimum absolute atomic E-state index is 0.0432. The van der Waals surface area contributed by atoms with Gasteiger partial charge in [0, 0.05) is 17.8 Å². The molecule has 2 aromatic carbocycles. The quantitative estimate of drug-likeness (QED) is 0.803. The first-order valence-electron chi connectivity index (χ1n) is 7.42. The Morgan fingerprint density at radius 2 is 1.91 bits per heavy atom. The van der Waals surface area contributed by atoms with Crippen molar-refractivity contribution >= 4 is 16.7 Å². The molecule has 0 radical (unpaired) electrons. The first-order valence-corrected chi connectivity index (χ1v) is 7.42. The van der Waals surface area contributed by atoms with Crippen molar-refractivity contribution in [2.24, 2.45) is 0 Å². The maximum atomic E-state index is 12.4. The largest absolute Gasteiger partial charge is 0.350 e. The van der Waals surface area contributed by atoms with Crippen LogP contribution in [0.3, 0.4) is 0 Å². The second kappa shape index (κ2) is 6.02. The molecule has 0 aliphatic heterocycles. The molecule has 1 aromatic heterocycles. The second-order valence-electron chi connectivity index (χ2n) is 5.43. The Balaban J connectivity index is 1.70. The highest BCUT2D eigenvalue weighted by Gasteiger charge is 2.09. The minimum atomic E-state index is -0.0432. The summed E-state index contributed by atoms with van der Waals surface area (Å²) < 4.78 is 1.92. The Morgan fingerprint density at radius 3 is 2.68 bits per heavy atom. The van der Waals surface area contributed by atoms with E-state index in [1.165, 1.54) is 0 Å². The summed E-state index contributed by atoms with van der Waals surface area (Å²) >= 11 is 0. The SMILES string of the molecule is Cc1cc(C)n(CCNC(=O)c2cccc3ccccc23)n1. The number of nitrogens with zero attached hydrogens (tertiary/aromatic N) is 2. The van der Waals surface area contributed by atoms with Crippen LogP contribution in [0.4, 0.5) is 0 Å². The van der Waals surface area contributed by atoms with Crippen molar-refractivity contribution in [3.63, 3.8) is 0 Å². The number of hydrogen-bond acceptors (Lipinski definition) is 2. The predicted molar refractivity (Wildman–Crippen MR) is 88.0 cm³/mol. The minimum Gasteiger partial charge on any atom is -0.350 e. The van der Waals surface area contributed by atoms with Crippen LogP contribution in [0.1, 0.15) is 21.7 Å². The van der Waals surface area contributed by atoms with E-state index in [1.54, 1.807) is 0 Å². The highest BCUT2D eigenvalue weighted by atomic mass is 16.1. The van der Waals surface area contributed by atoms with Gasteiger partial charge in [0.05, 0.1) is 12.2 Å². The summed E-state index contributed by atoms with van der Waals surface area (Å²) in [5.41, 5.74) is 2.82. The standard InChI is InChI=1S/C18H19N3O/c1-13-12-14(2)21(20-13)11-10-19-18(22)17-9-5-7-15-6-3-4-8-16(15)17/h3-9,12H,10-11H2,1-2H3,(H,19,22). The van der Waals surface area contributed by atoms with Crippen molar-refractivity contribution in [3.05, 3.63) is 65.5 Å². The van der Waals surface area contributed by atoms with Crippen LogP contribution in [0.15, 0.2) is 48.5 Å². The normalized spacial score (nSPS) is 10.8. The number of carbonyl (C=O) groups is 1. The summed E-state index contributed by atoms with van der Waals surface area (Å²) in [5.74, 6) is -0.0432. The average Bonchev–Trinajstić information content (AvgIpc) is 2.84. The van der Waals surface area contributed by atoms with Crippen LogP contribution < -0.4 is 5.32 Å².